The third-order valence-corrected chi connectivity index (χ3v) is 4.39. The second-order valence-electron chi connectivity index (χ2n) is 6.15. The zero-order valence-electron chi connectivity index (χ0n) is 14.3. The molecule has 24 heavy (non-hydrogen) atoms. The van der Waals surface area contributed by atoms with Crippen LogP contribution in [-0.2, 0) is 0 Å². The van der Waals surface area contributed by atoms with Crippen LogP contribution in [0.3, 0.4) is 0 Å². The van der Waals surface area contributed by atoms with E-state index in [9.17, 15) is 4.79 Å². The number of nitrogens with zero attached hydrogens (tertiary/aromatic N) is 1. The van der Waals surface area contributed by atoms with Crippen LogP contribution in [0.25, 0.3) is 0 Å². The van der Waals surface area contributed by atoms with Crippen LogP contribution >= 0.6 is 0 Å². The highest BCUT2D eigenvalue weighted by Crippen LogP contribution is 2.32. The third kappa shape index (κ3) is 3.37. The van der Waals surface area contributed by atoms with Gasteiger partial charge in [0.1, 0.15) is 0 Å². The van der Waals surface area contributed by atoms with Crippen LogP contribution in [0.15, 0.2) is 18.2 Å². The first-order chi connectivity index (χ1) is 11.6. The molecule has 0 atom stereocenters. The first kappa shape index (κ1) is 16.4. The molecular formula is C18H23N3O3. The summed E-state index contributed by atoms with van der Waals surface area (Å²) in [5.74, 6) is 1.08. The van der Waals surface area contributed by atoms with Gasteiger partial charge in [-0.2, -0.15) is 5.10 Å². The smallest absolute Gasteiger partial charge is 0.255 e. The van der Waals surface area contributed by atoms with E-state index >= 15 is 0 Å². The number of hydrogen-bond acceptors (Lipinski definition) is 4. The average Bonchev–Trinajstić information content (AvgIpc) is 3.20. The summed E-state index contributed by atoms with van der Waals surface area (Å²) in [6.45, 7) is 3.72. The number of aromatic nitrogens is 2. The highest BCUT2D eigenvalue weighted by atomic mass is 16.5. The van der Waals surface area contributed by atoms with E-state index in [1.807, 2.05) is 13.8 Å². The molecule has 0 bridgehead atoms. The Morgan fingerprint density at radius 3 is 2.62 bits per heavy atom. The molecule has 128 valence electrons. The van der Waals surface area contributed by atoms with Gasteiger partial charge in [-0.1, -0.05) is 0 Å². The molecule has 0 spiro atoms. The Labute approximate surface area is 141 Å². The Kier molecular flexibility index (Phi) is 4.74. The monoisotopic (exact) mass is 329 g/mol. The lowest BCUT2D eigenvalue weighted by molar-refractivity contribution is 0.102. The van der Waals surface area contributed by atoms with Crippen LogP contribution in [-0.4, -0.2) is 29.3 Å². The Morgan fingerprint density at radius 2 is 2.00 bits per heavy atom. The van der Waals surface area contributed by atoms with Crippen molar-refractivity contribution in [1.29, 1.82) is 0 Å². The number of rotatable bonds is 5. The summed E-state index contributed by atoms with van der Waals surface area (Å²) in [6, 6.07) is 5.26. The van der Waals surface area contributed by atoms with Crippen molar-refractivity contribution in [3.05, 3.63) is 35.2 Å². The molecule has 1 aromatic carbocycles. The quantitative estimate of drug-likeness (QED) is 0.878. The van der Waals surface area contributed by atoms with E-state index < -0.39 is 0 Å². The fourth-order valence-electron chi connectivity index (χ4n) is 3.02. The minimum atomic E-state index is -0.193. The van der Waals surface area contributed by atoms with Crippen molar-refractivity contribution in [3.63, 3.8) is 0 Å². The number of amides is 1. The predicted octanol–water partition coefficient (Wildman–Crippen LogP) is 3.61. The molecule has 1 aromatic heterocycles. The highest BCUT2D eigenvalue weighted by molar-refractivity contribution is 6.05. The molecule has 0 radical (unpaired) electrons. The number of carbonyl (C=O) groups excluding carboxylic acids is 1. The maximum atomic E-state index is 12.6. The number of carbonyl (C=O) groups is 1. The van der Waals surface area contributed by atoms with Crippen LogP contribution in [0.4, 0.5) is 5.69 Å². The van der Waals surface area contributed by atoms with Gasteiger partial charge in [0.2, 0.25) is 0 Å². The summed E-state index contributed by atoms with van der Waals surface area (Å²) >= 11 is 0. The van der Waals surface area contributed by atoms with E-state index in [2.05, 4.69) is 15.5 Å². The molecule has 2 aromatic rings. The molecule has 0 unspecified atom stereocenters. The number of hydrogen-bond donors (Lipinski definition) is 2. The molecular weight excluding hydrogens is 306 g/mol. The van der Waals surface area contributed by atoms with Crippen molar-refractivity contribution in [3.8, 4) is 11.5 Å². The molecule has 1 heterocycles. The Morgan fingerprint density at radius 1 is 1.25 bits per heavy atom. The maximum absolute atomic E-state index is 12.6. The molecule has 1 amide bonds. The zero-order valence-corrected chi connectivity index (χ0v) is 14.3. The normalized spacial score (nSPS) is 14.6. The van der Waals surface area contributed by atoms with Gasteiger partial charge in [-0.15, -0.1) is 0 Å². The number of ether oxygens (including phenoxy) is 2. The van der Waals surface area contributed by atoms with Crippen molar-refractivity contribution in [1.82, 2.24) is 10.2 Å². The van der Waals surface area contributed by atoms with Crippen molar-refractivity contribution in [2.75, 3.05) is 12.4 Å². The predicted molar refractivity (Wildman–Crippen MR) is 91.9 cm³/mol. The third-order valence-electron chi connectivity index (χ3n) is 4.39. The van der Waals surface area contributed by atoms with Gasteiger partial charge in [0.25, 0.3) is 5.91 Å². The van der Waals surface area contributed by atoms with Crippen LogP contribution in [0.5, 0.6) is 11.5 Å². The summed E-state index contributed by atoms with van der Waals surface area (Å²) in [7, 11) is 1.61. The number of aryl methyl sites for hydroxylation is 2. The van der Waals surface area contributed by atoms with Crippen LogP contribution in [0.1, 0.15) is 47.4 Å². The second kappa shape index (κ2) is 6.95. The van der Waals surface area contributed by atoms with Gasteiger partial charge >= 0.3 is 0 Å². The van der Waals surface area contributed by atoms with Gasteiger partial charge in [-0.3, -0.25) is 9.89 Å². The molecule has 6 heteroatoms. The van der Waals surface area contributed by atoms with E-state index in [1.54, 1.807) is 25.3 Å². The molecule has 1 saturated carbocycles. The first-order valence-electron chi connectivity index (χ1n) is 8.26. The van der Waals surface area contributed by atoms with Crippen LogP contribution < -0.4 is 14.8 Å². The molecule has 1 aliphatic carbocycles. The molecule has 0 saturated heterocycles. The second-order valence-corrected chi connectivity index (χ2v) is 6.15. The standard InChI is InChI=1S/C18H23N3O3/c1-11-17(12(2)21-20-11)19-18(22)13-8-9-15(23-3)16(10-13)24-14-6-4-5-7-14/h8-10,14H,4-7H2,1-3H3,(H,19,22)(H,20,21). The van der Waals surface area contributed by atoms with Crippen molar-refractivity contribution in [2.24, 2.45) is 0 Å². The largest absolute Gasteiger partial charge is 0.493 e. The zero-order chi connectivity index (χ0) is 17.1. The lowest BCUT2D eigenvalue weighted by Gasteiger charge is -2.16. The van der Waals surface area contributed by atoms with E-state index in [0.29, 0.717) is 22.7 Å². The van der Waals surface area contributed by atoms with E-state index in [0.717, 1.165) is 24.2 Å². The van der Waals surface area contributed by atoms with Crippen LogP contribution in [0.2, 0.25) is 0 Å². The van der Waals surface area contributed by atoms with Crippen molar-refractivity contribution < 1.29 is 14.3 Å². The summed E-state index contributed by atoms with van der Waals surface area (Å²) < 4.78 is 11.4. The Hall–Kier alpha value is -2.50. The van der Waals surface area contributed by atoms with E-state index in [4.69, 9.17) is 9.47 Å². The van der Waals surface area contributed by atoms with E-state index in [-0.39, 0.29) is 12.0 Å². The molecule has 1 fully saturated rings. The summed E-state index contributed by atoms with van der Waals surface area (Å²) in [5.41, 5.74) is 2.84. The van der Waals surface area contributed by atoms with Gasteiger partial charge in [0.05, 0.1) is 30.3 Å². The SMILES string of the molecule is COc1ccc(C(=O)Nc2c(C)n[nH]c2C)cc1OC1CCCC1. The number of H-pyrrole nitrogens is 1. The minimum absolute atomic E-state index is 0.193. The topological polar surface area (TPSA) is 76.2 Å². The van der Waals surface area contributed by atoms with Crippen LogP contribution in [0, 0.1) is 13.8 Å². The number of aromatic amines is 1. The molecule has 2 N–H and O–H groups in total. The highest BCUT2D eigenvalue weighted by Gasteiger charge is 2.20. The van der Waals surface area contributed by atoms with E-state index in [1.165, 1.54) is 12.8 Å². The van der Waals surface area contributed by atoms with Gasteiger partial charge in [0, 0.05) is 5.56 Å². The summed E-state index contributed by atoms with van der Waals surface area (Å²) in [5, 5.41) is 9.86. The Bertz CT molecular complexity index is 714. The number of anilines is 1. The average molecular weight is 329 g/mol. The number of methoxy groups -OCH3 is 1. The number of nitrogens with one attached hydrogen (secondary N) is 2. The minimum Gasteiger partial charge on any atom is -0.493 e. The molecule has 3 rings (SSSR count). The lowest BCUT2D eigenvalue weighted by Crippen LogP contribution is -2.15. The fourth-order valence-corrected chi connectivity index (χ4v) is 3.02. The lowest BCUT2D eigenvalue weighted by atomic mass is 10.1. The fraction of sp³-hybridized carbons (Fsp3) is 0.444. The molecule has 6 nitrogen and oxygen atoms in total. The number of benzene rings is 1. The van der Waals surface area contributed by atoms with Gasteiger partial charge in [-0.05, 0) is 57.7 Å². The maximum Gasteiger partial charge on any atom is 0.255 e. The first-order valence-corrected chi connectivity index (χ1v) is 8.26. The van der Waals surface area contributed by atoms with Gasteiger partial charge in [0.15, 0.2) is 11.5 Å². The van der Waals surface area contributed by atoms with Gasteiger partial charge in [-0.25, -0.2) is 0 Å². The Balaban J connectivity index is 1.81. The summed E-state index contributed by atoms with van der Waals surface area (Å²) in [4.78, 5) is 12.6. The molecule has 0 aliphatic heterocycles. The van der Waals surface area contributed by atoms with Crippen molar-refractivity contribution in [2.45, 2.75) is 45.6 Å². The van der Waals surface area contributed by atoms with Crippen molar-refractivity contribution >= 4 is 11.6 Å². The molecule has 1 aliphatic rings. The van der Waals surface area contributed by atoms with Gasteiger partial charge < -0.3 is 14.8 Å². The summed E-state index contributed by atoms with van der Waals surface area (Å²) in [6.07, 6.45) is 4.67.